The summed E-state index contributed by atoms with van der Waals surface area (Å²) in [6.45, 7) is 3.98. The van der Waals surface area contributed by atoms with Crippen molar-refractivity contribution in [3.63, 3.8) is 0 Å². The fraction of sp³-hybridized carbons (Fsp3) is 0.103. The van der Waals surface area contributed by atoms with E-state index in [1.807, 2.05) is 54.8 Å². The molecule has 2 N–H and O–H groups in total. The maximum atomic E-state index is 13.8. The third-order valence-electron chi connectivity index (χ3n) is 5.71. The highest BCUT2D eigenvalue weighted by molar-refractivity contribution is 6.09. The molecule has 7 heteroatoms. The van der Waals surface area contributed by atoms with Gasteiger partial charge in [-0.1, -0.05) is 18.2 Å². The molecule has 0 radical (unpaired) electrons. The molecular weight excluding hydrogens is 457 g/mol. The number of carbonyl (C=O) groups is 1. The third-order valence-corrected chi connectivity index (χ3v) is 5.71. The SMILES string of the molecule is Cc1cc(C=C(C#N)C(=O)Nc2ccc(O)cc2)c(C)n1-c1ccc(OCc2ccccc2F)cc1. The first-order chi connectivity index (χ1) is 17.4. The Balaban J connectivity index is 1.51. The van der Waals surface area contributed by atoms with Gasteiger partial charge in [0.05, 0.1) is 0 Å². The smallest absolute Gasteiger partial charge is 0.266 e. The number of aromatic hydroxyl groups is 1. The largest absolute Gasteiger partial charge is 0.508 e. The molecule has 0 saturated heterocycles. The number of nitriles is 1. The molecule has 0 aliphatic heterocycles. The average Bonchev–Trinajstić information content (AvgIpc) is 3.16. The number of aromatic nitrogens is 1. The highest BCUT2D eigenvalue weighted by Crippen LogP contribution is 2.25. The number of phenols is 1. The van der Waals surface area contributed by atoms with Crippen LogP contribution in [0.5, 0.6) is 11.5 Å². The Kier molecular flexibility index (Phi) is 7.17. The molecular formula is C29H24FN3O3. The maximum absolute atomic E-state index is 13.8. The number of carbonyl (C=O) groups excluding carboxylic acids is 1. The van der Waals surface area contributed by atoms with E-state index in [0.29, 0.717) is 17.0 Å². The molecule has 3 aromatic carbocycles. The number of halogens is 1. The van der Waals surface area contributed by atoms with Gasteiger partial charge in [-0.25, -0.2) is 4.39 Å². The van der Waals surface area contributed by atoms with E-state index in [1.165, 1.54) is 18.2 Å². The Morgan fingerprint density at radius 3 is 2.44 bits per heavy atom. The molecule has 0 aliphatic carbocycles. The van der Waals surface area contributed by atoms with Crippen molar-refractivity contribution >= 4 is 17.7 Å². The fourth-order valence-electron chi connectivity index (χ4n) is 3.85. The van der Waals surface area contributed by atoms with Crippen LogP contribution in [-0.2, 0) is 11.4 Å². The molecule has 0 spiro atoms. The van der Waals surface area contributed by atoms with Crippen LogP contribution in [0.25, 0.3) is 11.8 Å². The van der Waals surface area contributed by atoms with E-state index in [2.05, 4.69) is 5.32 Å². The van der Waals surface area contributed by atoms with Crippen molar-refractivity contribution < 1.29 is 19.0 Å². The predicted octanol–water partition coefficient (Wildman–Crippen LogP) is 6.06. The van der Waals surface area contributed by atoms with E-state index in [0.717, 1.165) is 22.6 Å². The van der Waals surface area contributed by atoms with Crippen LogP contribution in [0, 0.1) is 31.0 Å². The summed E-state index contributed by atoms with van der Waals surface area (Å²) in [6.07, 6.45) is 1.56. The van der Waals surface area contributed by atoms with Gasteiger partial charge in [-0.15, -0.1) is 0 Å². The lowest BCUT2D eigenvalue weighted by Gasteiger charge is -2.12. The summed E-state index contributed by atoms with van der Waals surface area (Å²) in [7, 11) is 0. The number of benzene rings is 3. The summed E-state index contributed by atoms with van der Waals surface area (Å²) in [4.78, 5) is 12.6. The van der Waals surface area contributed by atoms with Crippen LogP contribution >= 0.6 is 0 Å². The molecule has 0 saturated carbocycles. The van der Waals surface area contributed by atoms with E-state index in [1.54, 1.807) is 36.4 Å². The van der Waals surface area contributed by atoms with Crippen LogP contribution in [0.15, 0.2) is 84.4 Å². The molecule has 6 nitrogen and oxygen atoms in total. The van der Waals surface area contributed by atoms with Gasteiger partial charge in [-0.05, 0) is 86.2 Å². The molecule has 0 unspecified atom stereocenters. The quantitative estimate of drug-likeness (QED) is 0.191. The Hall–Kier alpha value is -4.83. The molecule has 180 valence electrons. The van der Waals surface area contributed by atoms with Crippen LogP contribution < -0.4 is 10.1 Å². The van der Waals surface area contributed by atoms with Gasteiger partial charge in [0.15, 0.2) is 0 Å². The Bertz CT molecular complexity index is 1460. The Labute approximate surface area is 208 Å². The van der Waals surface area contributed by atoms with Crippen molar-refractivity contribution in [2.75, 3.05) is 5.32 Å². The lowest BCUT2D eigenvalue weighted by atomic mass is 10.1. The standard InChI is InChI=1S/C29H24FN3O3/c1-19-15-22(16-23(17-31)29(35)32-24-7-11-26(34)12-8-24)20(2)33(19)25-9-13-27(14-10-25)36-18-21-5-3-4-6-28(21)30/h3-16,34H,18H2,1-2H3,(H,32,35). The summed E-state index contributed by atoms with van der Waals surface area (Å²) in [5.74, 6) is -0.144. The number of phenolic OH excluding ortho intramolecular Hbond substituents is 1. The van der Waals surface area contributed by atoms with Crippen molar-refractivity contribution in [1.82, 2.24) is 4.57 Å². The fourth-order valence-corrected chi connectivity index (χ4v) is 3.85. The van der Waals surface area contributed by atoms with Crippen molar-refractivity contribution in [3.05, 3.63) is 113 Å². The zero-order valence-electron chi connectivity index (χ0n) is 19.8. The number of ether oxygens (including phenoxy) is 1. The van der Waals surface area contributed by atoms with Crippen LogP contribution in [0.3, 0.4) is 0 Å². The first kappa shape index (κ1) is 24.3. The normalized spacial score (nSPS) is 11.1. The van der Waals surface area contributed by atoms with Gasteiger partial charge in [0, 0.05) is 28.3 Å². The highest BCUT2D eigenvalue weighted by Gasteiger charge is 2.14. The number of amides is 1. The van der Waals surface area contributed by atoms with Gasteiger partial charge < -0.3 is 19.7 Å². The van der Waals surface area contributed by atoms with Gasteiger partial charge in [-0.3, -0.25) is 4.79 Å². The number of hydrogen-bond acceptors (Lipinski definition) is 4. The minimum Gasteiger partial charge on any atom is -0.508 e. The van der Waals surface area contributed by atoms with Gasteiger partial charge >= 0.3 is 0 Å². The zero-order chi connectivity index (χ0) is 25.7. The molecule has 0 atom stereocenters. The molecule has 1 aromatic heterocycles. The minimum atomic E-state index is -0.538. The monoisotopic (exact) mass is 481 g/mol. The molecule has 1 heterocycles. The van der Waals surface area contributed by atoms with Gasteiger partial charge in [-0.2, -0.15) is 5.26 Å². The summed E-state index contributed by atoms with van der Waals surface area (Å²) in [6, 6.07) is 23.8. The van der Waals surface area contributed by atoms with E-state index in [9.17, 15) is 19.6 Å². The second-order valence-corrected chi connectivity index (χ2v) is 8.21. The van der Waals surface area contributed by atoms with Crippen molar-refractivity contribution in [3.8, 4) is 23.3 Å². The van der Waals surface area contributed by atoms with E-state index < -0.39 is 5.91 Å². The first-order valence-electron chi connectivity index (χ1n) is 11.2. The second-order valence-electron chi connectivity index (χ2n) is 8.21. The van der Waals surface area contributed by atoms with Crippen LogP contribution in [-0.4, -0.2) is 15.6 Å². The topological polar surface area (TPSA) is 87.3 Å². The molecule has 4 rings (SSSR count). The number of aryl methyl sites for hydroxylation is 1. The van der Waals surface area contributed by atoms with E-state index >= 15 is 0 Å². The number of anilines is 1. The summed E-state index contributed by atoms with van der Waals surface area (Å²) in [5, 5.41) is 21.6. The molecule has 0 fully saturated rings. The second kappa shape index (κ2) is 10.6. The number of rotatable bonds is 7. The molecule has 36 heavy (non-hydrogen) atoms. The van der Waals surface area contributed by atoms with Gasteiger partial charge in [0.1, 0.15) is 35.6 Å². The van der Waals surface area contributed by atoms with Crippen molar-refractivity contribution in [2.24, 2.45) is 0 Å². The first-order valence-corrected chi connectivity index (χ1v) is 11.2. The lowest BCUT2D eigenvalue weighted by Crippen LogP contribution is -2.13. The maximum Gasteiger partial charge on any atom is 0.266 e. The summed E-state index contributed by atoms with van der Waals surface area (Å²) >= 11 is 0. The summed E-state index contributed by atoms with van der Waals surface area (Å²) in [5.41, 5.74) is 4.33. The van der Waals surface area contributed by atoms with Crippen LogP contribution in [0.1, 0.15) is 22.5 Å². The van der Waals surface area contributed by atoms with Crippen LogP contribution in [0.4, 0.5) is 10.1 Å². The molecule has 1 amide bonds. The Morgan fingerprint density at radius 1 is 1.08 bits per heavy atom. The zero-order valence-corrected chi connectivity index (χ0v) is 19.8. The third kappa shape index (κ3) is 5.45. The van der Waals surface area contributed by atoms with Crippen LogP contribution in [0.2, 0.25) is 0 Å². The molecule has 4 aromatic rings. The van der Waals surface area contributed by atoms with E-state index in [-0.39, 0.29) is 23.7 Å². The summed E-state index contributed by atoms with van der Waals surface area (Å²) < 4.78 is 21.6. The Morgan fingerprint density at radius 2 is 1.78 bits per heavy atom. The predicted molar refractivity (Wildman–Crippen MR) is 136 cm³/mol. The number of nitrogens with one attached hydrogen (secondary N) is 1. The molecule has 0 bridgehead atoms. The molecule has 0 aliphatic rings. The van der Waals surface area contributed by atoms with Gasteiger partial charge in [0.2, 0.25) is 0 Å². The van der Waals surface area contributed by atoms with Crippen molar-refractivity contribution in [2.45, 2.75) is 20.5 Å². The number of nitrogens with zero attached hydrogens (tertiary/aromatic N) is 2. The lowest BCUT2D eigenvalue weighted by molar-refractivity contribution is -0.112. The van der Waals surface area contributed by atoms with Crippen molar-refractivity contribution in [1.29, 1.82) is 5.26 Å². The minimum absolute atomic E-state index is 0.0415. The highest BCUT2D eigenvalue weighted by atomic mass is 19.1. The van der Waals surface area contributed by atoms with Gasteiger partial charge in [0.25, 0.3) is 5.91 Å². The number of hydrogen-bond donors (Lipinski definition) is 2. The van der Waals surface area contributed by atoms with E-state index in [4.69, 9.17) is 4.74 Å². The average molecular weight is 482 g/mol.